The average Bonchev–Trinajstić information content (AvgIpc) is 2.73. The van der Waals surface area contributed by atoms with Crippen molar-refractivity contribution in [3.05, 3.63) is 108 Å². The van der Waals surface area contributed by atoms with Crippen molar-refractivity contribution in [3.8, 4) is 0 Å². The summed E-state index contributed by atoms with van der Waals surface area (Å²) in [4.78, 5) is 0. The highest BCUT2D eigenvalue weighted by Crippen LogP contribution is 2.36. The van der Waals surface area contributed by atoms with Crippen LogP contribution in [0.2, 0.25) is 0 Å². The largest absolute Gasteiger partial charge is 0.361 e. The van der Waals surface area contributed by atoms with Gasteiger partial charge in [0.15, 0.2) is 6.10 Å². The number of hydrogen-bond donors (Lipinski definition) is 0. The van der Waals surface area contributed by atoms with Gasteiger partial charge in [-0.2, -0.15) is 0 Å². The predicted molar refractivity (Wildman–Crippen MR) is 110 cm³/mol. The minimum Gasteiger partial charge on any atom is -0.361 e. The number of nitrogens with zero attached hydrogens (tertiary/aromatic N) is 1. The summed E-state index contributed by atoms with van der Waals surface area (Å²) in [5.41, 5.74) is 4.06. The SMILES string of the molecule is C[C@H]1[C@@H](OCc2ccccc2)C[N+]1(Cc1ccccc1)Cc1ccccc1. The van der Waals surface area contributed by atoms with Gasteiger partial charge in [-0.05, 0) is 12.5 Å². The van der Waals surface area contributed by atoms with E-state index in [2.05, 4.69) is 97.9 Å². The molecule has 0 N–H and O–H groups in total. The standard InChI is InChI=1S/C25H28NO/c1-21-25(27-20-24-15-9-4-10-16-24)19-26(21,17-22-11-5-2-6-12-22)18-23-13-7-3-8-14-23/h2-16,21,25H,17-20H2,1H3/q+1/t21-,25-/m0/s1. The summed E-state index contributed by atoms with van der Waals surface area (Å²) < 4.78 is 7.35. The summed E-state index contributed by atoms with van der Waals surface area (Å²) in [6, 6.07) is 32.7. The van der Waals surface area contributed by atoms with Crippen molar-refractivity contribution in [2.24, 2.45) is 0 Å². The zero-order valence-corrected chi connectivity index (χ0v) is 16.0. The van der Waals surface area contributed by atoms with Crippen LogP contribution in [0.1, 0.15) is 23.6 Å². The van der Waals surface area contributed by atoms with Crippen molar-refractivity contribution < 1.29 is 9.22 Å². The molecule has 0 aliphatic carbocycles. The van der Waals surface area contributed by atoms with E-state index in [1.807, 2.05) is 0 Å². The number of hydrogen-bond acceptors (Lipinski definition) is 1. The van der Waals surface area contributed by atoms with Crippen LogP contribution in [0.15, 0.2) is 91.0 Å². The molecule has 4 rings (SSSR count). The van der Waals surface area contributed by atoms with Crippen LogP contribution in [0.4, 0.5) is 0 Å². The highest BCUT2D eigenvalue weighted by Gasteiger charge is 2.52. The molecule has 1 heterocycles. The van der Waals surface area contributed by atoms with Crippen molar-refractivity contribution in [1.29, 1.82) is 0 Å². The first-order valence-electron chi connectivity index (χ1n) is 9.84. The molecular weight excluding hydrogens is 330 g/mol. The fraction of sp³-hybridized carbons (Fsp3) is 0.280. The maximum absolute atomic E-state index is 6.29. The van der Waals surface area contributed by atoms with E-state index in [1.165, 1.54) is 16.7 Å². The molecule has 0 aromatic heterocycles. The van der Waals surface area contributed by atoms with Crippen LogP contribution in [0.25, 0.3) is 0 Å². The molecule has 0 radical (unpaired) electrons. The molecule has 0 spiro atoms. The molecule has 0 saturated carbocycles. The molecule has 1 aliphatic heterocycles. The van der Waals surface area contributed by atoms with Crippen LogP contribution in [-0.4, -0.2) is 23.2 Å². The maximum Gasteiger partial charge on any atom is 0.158 e. The minimum absolute atomic E-state index is 0.317. The van der Waals surface area contributed by atoms with Crippen LogP contribution in [0.3, 0.4) is 0 Å². The smallest absolute Gasteiger partial charge is 0.158 e. The number of quaternary nitrogens is 1. The summed E-state index contributed by atoms with van der Waals surface area (Å²) in [5, 5.41) is 0. The summed E-state index contributed by atoms with van der Waals surface area (Å²) >= 11 is 0. The molecule has 1 aliphatic rings. The topological polar surface area (TPSA) is 9.23 Å². The minimum atomic E-state index is 0.317. The van der Waals surface area contributed by atoms with Crippen molar-refractivity contribution in [2.75, 3.05) is 6.54 Å². The predicted octanol–water partition coefficient (Wildman–Crippen LogP) is 5.19. The zero-order chi connectivity index (χ0) is 18.5. The second-order valence-electron chi connectivity index (χ2n) is 7.76. The van der Waals surface area contributed by atoms with E-state index in [-0.39, 0.29) is 0 Å². The lowest BCUT2D eigenvalue weighted by Crippen LogP contribution is -2.71. The molecule has 0 unspecified atom stereocenters. The molecule has 3 aromatic carbocycles. The quantitative estimate of drug-likeness (QED) is 0.528. The molecular formula is C25H28NO+. The Kier molecular flexibility index (Phi) is 5.38. The average molecular weight is 359 g/mol. The number of benzene rings is 3. The van der Waals surface area contributed by atoms with Gasteiger partial charge >= 0.3 is 0 Å². The molecule has 1 fully saturated rings. The van der Waals surface area contributed by atoms with Crippen molar-refractivity contribution >= 4 is 0 Å². The van der Waals surface area contributed by atoms with E-state index >= 15 is 0 Å². The van der Waals surface area contributed by atoms with Gasteiger partial charge in [-0.3, -0.25) is 0 Å². The van der Waals surface area contributed by atoms with Crippen LogP contribution in [0, 0.1) is 0 Å². The molecule has 138 valence electrons. The van der Waals surface area contributed by atoms with E-state index in [9.17, 15) is 0 Å². The molecule has 27 heavy (non-hydrogen) atoms. The Morgan fingerprint density at radius 3 is 1.59 bits per heavy atom. The normalized spacial score (nSPS) is 20.8. The van der Waals surface area contributed by atoms with Gasteiger partial charge in [-0.15, -0.1) is 0 Å². The molecule has 2 heteroatoms. The Morgan fingerprint density at radius 1 is 0.704 bits per heavy atom. The van der Waals surface area contributed by atoms with Crippen molar-refractivity contribution in [1.82, 2.24) is 0 Å². The Hall–Kier alpha value is -2.42. The monoisotopic (exact) mass is 358 g/mol. The lowest BCUT2D eigenvalue weighted by Gasteiger charge is -2.55. The Labute approximate surface area is 162 Å². The van der Waals surface area contributed by atoms with Gasteiger partial charge in [0, 0.05) is 11.1 Å². The highest BCUT2D eigenvalue weighted by atomic mass is 16.5. The third-order valence-corrected chi connectivity index (χ3v) is 5.93. The Bertz CT molecular complexity index is 790. The van der Waals surface area contributed by atoms with Gasteiger partial charge in [0.2, 0.25) is 0 Å². The van der Waals surface area contributed by atoms with E-state index in [4.69, 9.17) is 4.74 Å². The van der Waals surface area contributed by atoms with Gasteiger partial charge in [0.1, 0.15) is 25.7 Å². The fourth-order valence-corrected chi connectivity index (χ4v) is 4.23. The van der Waals surface area contributed by atoms with Gasteiger partial charge in [0.05, 0.1) is 6.61 Å². The third kappa shape index (κ3) is 4.13. The number of likely N-dealkylation sites (tertiary alicyclic amines) is 1. The van der Waals surface area contributed by atoms with E-state index < -0.39 is 0 Å². The van der Waals surface area contributed by atoms with Crippen LogP contribution < -0.4 is 0 Å². The number of rotatable bonds is 7. The molecule has 0 bridgehead atoms. The summed E-state index contributed by atoms with van der Waals surface area (Å²) in [6.07, 6.45) is 0.317. The van der Waals surface area contributed by atoms with Gasteiger partial charge < -0.3 is 9.22 Å². The van der Waals surface area contributed by atoms with E-state index in [0.717, 1.165) is 24.1 Å². The zero-order valence-electron chi connectivity index (χ0n) is 16.0. The van der Waals surface area contributed by atoms with Crippen LogP contribution >= 0.6 is 0 Å². The molecule has 0 amide bonds. The lowest BCUT2D eigenvalue weighted by molar-refractivity contribution is -1.02. The molecule has 2 nitrogen and oxygen atoms in total. The molecule has 2 atom stereocenters. The number of ether oxygens (including phenoxy) is 1. The second kappa shape index (κ2) is 8.08. The first kappa shape index (κ1) is 18.0. The summed E-state index contributed by atoms with van der Waals surface area (Å²) in [7, 11) is 0. The highest BCUT2D eigenvalue weighted by molar-refractivity contribution is 5.16. The first-order chi connectivity index (χ1) is 13.3. The Balaban J connectivity index is 1.47. The molecule has 3 aromatic rings. The van der Waals surface area contributed by atoms with Gasteiger partial charge in [-0.1, -0.05) is 91.0 Å². The third-order valence-electron chi connectivity index (χ3n) is 5.93. The van der Waals surface area contributed by atoms with Crippen LogP contribution in [-0.2, 0) is 24.4 Å². The second-order valence-corrected chi connectivity index (χ2v) is 7.76. The van der Waals surface area contributed by atoms with Gasteiger partial charge in [-0.25, -0.2) is 0 Å². The van der Waals surface area contributed by atoms with E-state index in [0.29, 0.717) is 18.8 Å². The van der Waals surface area contributed by atoms with E-state index in [1.54, 1.807) is 0 Å². The first-order valence-corrected chi connectivity index (χ1v) is 9.84. The molecule has 1 saturated heterocycles. The fourth-order valence-electron chi connectivity index (χ4n) is 4.23. The summed E-state index contributed by atoms with van der Waals surface area (Å²) in [6.45, 7) is 6.24. The van der Waals surface area contributed by atoms with Crippen molar-refractivity contribution in [2.45, 2.75) is 38.8 Å². The summed E-state index contributed by atoms with van der Waals surface area (Å²) in [5.74, 6) is 0. The lowest BCUT2D eigenvalue weighted by atomic mass is 9.92. The Morgan fingerprint density at radius 2 is 1.15 bits per heavy atom. The van der Waals surface area contributed by atoms with Crippen molar-refractivity contribution in [3.63, 3.8) is 0 Å². The van der Waals surface area contributed by atoms with Crippen LogP contribution in [0.5, 0.6) is 0 Å². The van der Waals surface area contributed by atoms with Gasteiger partial charge in [0.25, 0.3) is 0 Å². The maximum atomic E-state index is 6.29.